The summed E-state index contributed by atoms with van der Waals surface area (Å²) in [6, 6.07) is 9.21. The number of amides is 1. The number of carbonyl (C=O) groups is 2. The molecule has 2 saturated heterocycles. The Labute approximate surface area is 117 Å². The molecule has 1 aromatic carbocycles. The van der Waals surface area contributed by atoms with Crippen LogP contribution in [-0.4, -0.2) is 42.0 Å². The van der Waals surface area contributed by atoms with E-state index in [1.807, 2.05) is 35.2 Å². The van der Waals surface area contributed by atoms with Crippen LogP contribution in [0, 0.1) is 0 Å². The summed E-state index contributed by atoms with van der Waals surface area (Å²) in [5.41, 5.74) is 1.06. The Bertz CT molecular complexity index is 503. The van der Waals surface area contributed by atoms with Crippen LogP contribution in [0.3, 0.4) is 0 Å². The van der Waals surface area contributed by atoms with E-state index in [-0.39, 0.29) is 30.6 Å². The number of fused-ring (bicyclic) bond motifs is 1. The number of hydrogen-bond donors (Lipinski definition) is 1. The fourth-order valence-corrected chi connectivity index (χ4v) is 2.90. The average molecular weight is 274 g/mol. The third-order valence-corrected chi connectivity index (χ3v) is 3.96. The minimum Gasteiger partial charge on any atom is -0.462 e. The Morgan fingerprint density at radius 1 is 1.35 bits per heavy atom. The van der Waals surface area contributed by atoms with E-state index in [1.165, 1.54) is 0 Å². The highest BCUT2D eigenvalue weighted by Crippen LogP contribution is 2.25. The summed E-state index contributed by atoms with van der Waals surface area (Å²) in [7, 11) is 0. The van der Waals surface area contributed by atoms with E-state index in [1.54, 1.807) is 0 Å². The number of hydrogen-bond acceptors (Lipinski definition) is 4. The van der Waals surface area contributed by atoms with Gasteiger partial charge in [0.25, 0.3) is 0 Å². The molecule has 5 heteroatoms. The molecule has 1 aromatic rings. The molecule has 0 aliphatic carbocycles. The van der Waals surface area contributed by atoms with Crippen LogP contribution in [0.5, 0.6) is 0 Å². The molecule has 2 aliphatic rings. The number of nitrogens with one attached hydrogen (secondary N) is 1. The molecule has 1 amide bonds. The second-order valence-electron chi connectivity index (χ2n) is 5.25. The van der Waals surface area contributed by atoms with Crippen molar-refractivity contribution < 1.29 is 14.3 Å². The smallest absolute Gasteiger partial charge is 0.323 e. The van der Waals surface area contributed by atoms with Crippen LogP contribution in [-0.2, 0) is 20.9 Å². The Kier molecular flexibility index (Phi) is 3.69. The van der Waals surface area contributed by atoms with Crippen molar-refractivity contribution in [1.82, 2.24) is 10.2 Å². The van der Waals surface area contributed by atoms with Crippen LogP contribution in [0.25, 0.3) is 0 Å². The summed E-state index contributed by atoms with van der Waals surface area (Å²) >= 11 is 0. The second-order valence-corrected chi connectivity index (χ2v) is 5.25. The van der Waals surface area contributed by atoms with E-state index in [0.717, 1.165) is 24.9 Å². The van der Waals surface area contributed by atoms with E-state index in [0.29, 0.717) is 6.54 Å². The van der Waals surface area contributed by atoms with Gasteiger partial charge in [0.1, 0.15) is 18.7 Å². The Hall–Kier alpha value is -1.88. The van der Waals surface area contributed by atoms with Crippen LogP contribution in [0.4, 0.5) is 0 Å². The van der Waals surface area contributed by atoms with Crippen molar-refractivity contribution in [2.45, 2.75) is 31.5 Å². The van der Waals surface area contributed by atoms with Gasteiger partial charge in [0, 0.05) is 6.54 Å². The monoisotopic (exact) mass is 274 g/mol. The Morgan fingerprint density at radius 2 is 2.15 bits per heavy atom. The largest absolute Gasteiger partial charge is 0.462 e. The molecule has 0 saturated carbocycles. The van der Waals surface area contributed by atoms with Crippen molar-refractivity contribution >= 4 is 11.9 Å². The zero-order valence-electron chi connectivity index (χ0n) is 11.2. The highest BCUT2D eigenvalue weighted by atomic mass is 16.5. The van der Waals surface area contributed by atoms with Crippen molar-refractivity contribution in [1.29, 1.82) is 0 Å². The van der Waals surface area contributed by atoms with E-state index in [9.17, 15) is 9.59 Å². The lowest BCUT2D eigenvalue weighted by Crippen LogP contribution is -2.57. The lowest BCUT2D eigenvalue weighted by atomic mass is 10.1. The normalized spacial score (nSPS) is 25.9. The molecule has 2 heterocycles. The molecule has 0 radical (unpaired) electrons. The van der Waals surface area contributed by atoms with Crippen LogP contribution >= 0.6 is 0 Å². The zero-order valence-corrected chi connectivity index (χ0v) is 11.2. The van der Waals surface area contributed by atoms with Gasteiger partial charge < -0.3 is 10.1 Å². The molecule has 1 N–H and O–H groups in total. The number of ether oxygens (including phenoxy) is 1. The first kappa shape index (κ1) is 13.1. The molecule has 3 rings (SSSR count). The molecule has 20 heavy (non-hydrogen) atoms. The Balaban J connectivity index is 1.61. The SMILES string of the molecule is O=C(NCc1ccccc1)C1COC(=O)[C@@H]2CCCN12. The number of cyclic esters (lactones) is 1. The quantitative estimate of drug-likeness (QED) is 0.824. The van der Waals surface area contributed by atoms with E-state index >= 15 is 0 Å². The molecule has 1 unspecified atom stereocenters. The molecule has 2 fully saturated rings. The first-order chi connectivity index (χ1) is 9.75. The summed E-state index contributed by atoms with van der Waals surface area (Å²) in [6.07, 6.45) is 1.74. The fraction of sp³-hybridized carbons (Fsp3) is 0.467. The average Bonchev–Trinajstić information content (AvgIpc) is 2.96. The lowest BCUT2D eigenvalue weighted by Gasteiger charge is -2.35. The molecule has 2 atom stereocenters. The van der Waals surface area contributed by atoms with Gasteiger partial charge in [0.05, 0.1) is 0 Å². The highest BCUT2D eigenvalue weighted by molar-refractivity contribution is 5.85. The fourth-order valence-electron chi connectivity index (χ4n) is 2.90. The summed E-state index contributed by atoms with van der Waals surface area (Å²) in [5.74, 6) is -0.247. The first-order valence-corrected chi connectivity index (χ1v) is 7.00. The zero-order chi connectivity index (χ0) is 13.9. The van der Waals surface area contributed by atoms with Crippen LogP contribution < -0.4 is 5.32 Å². The molecule has 0 bridgehead atoms. The van der Waals surface area contributed by atoms with Gasteiger partial charge in [0.2, 0.25) is 5.91 Å². The van der Waals surface area contributed by atoms with E-state index in [2.05, 4.69) is 5.32 Å². The van der Waals surface area contributed by atoms with Gasteiger partial charge in [-0.2, -0.15) is 0 Å². The van der Waals surface area contributed by atoms with Crippen molar-refractivity contribution in [2.24, 2.45) is 0 Å². The second kappa shape index (κ2) is 5.63. The molecule has 0 spiro atoms. The number of rotatable bonds is 3. The van der Waals surface area contributed by atoms with Gasteiger partial charge in [-0.15, -0.1) is 0 Å². The van der Waals surface area contributed by atoms with Gasteiger partial charge in [-0.1, -0.05) is 30.3 Å². The van der Waals surface area contributed by atoms with E-state index in [4.69, 9.17) is 4.74 Å². The number of morpholine rings is 1. The van der Waals surface area contributed by atoms with E-state index < -0.39 is 0 Å². The standard InChI is InChI=1S/C15H18N2O3/c18-14(16-9-11-5-2-1-3-6-11)13-10-20-15(19)12-7-4-8-17(12)13/h1-3,5-6,12-13H,4,7-10H2,(H,16,18)/t12-,13?/m0/s1. The molecular weight excluding hydrogens is 256 g/mol. The van der Waals surface area contributed by atoms with Gasteiger partial charge in [0.15, 0.2) is 0 Å². The van der Waals surface area contributed by atoms with Crippen LogP contribution in [0.15, 0.2) is 30.3 Å². The predicted molar refractivity (Wildman–Crippen MR) is 72.8 cm³/mol. The molecule has 5 nitrogen and oxygen atoms in total. The third kappa shape index (κ3) is 2.54. The van der Waals surface area contributed by atoms with Gasteiger partial charge in [-0.05, 0) is 24.9 Å². The maximum absolute atomic E-state index is 12.3. The number of carbonyl (C=O) groups excluding carboxylic acids is 2. The molecular formula is C15H18N2O3. The van der Waals surface area contributed by atoms with Crippen molar-refractivity contribution in [3.05, 3.63) is 35.9 Å². The predicted octanol–water partition coefficient (Wildman–Crippen LogP) is 0.693. The van der Waals surface area contributed by atoms with Gasteiger partial charge in [-0.25, -0.2) is 0 Å². The Morgan fingerprint density at radius 3 is 2.95 bits per heavy atom. The summed E-state index contributed by atoms with van der Waals surface area (Å²) in [6.45, 7) is 1.46. The van der Waals surface area contributed by atoms with Gasteiger partial charge >= 0.3 is 5.97 Å². The van der Waals surface area contributed by atoms with Gasteiger partial charge in [-0.3, -0.25) is 14.5 Å². The summed E-state index contributed by atoms with van der Waals surface area (Å²) < 4.78 is 5.14. The number of benzene rings is 1. The summed E-state index contributed by atoms with van der Waals surface area (Å²) in [5, 5.41) is 2.92. The third-order valence-electron chi connectivity index (χ3n) is 3.96. The van der Waals surface area contributed by atoms with Crippen molar-refractivity contribution in [2.75, 3.05) is 13.2 Å². The van der Waals surface area contributed by atoms with Crippen LogP contribution in [0.1, 0.15) is 18.4 Å². The lowest BCUT2D eigenvalue weighted by molar-refractivity contribution is -0.162. The number of nitrogens with zero attached hydrogens (tertiary/aromatic N) is 1. The van der Waals surface area contributed by atoms with Crippen LogP contribution in [0.2, 0.25) is 0 Å². The molecule has 2 aliphatic heterocycles. The minimum absolute atomic E-state index is 0.0618. The maximum atomic E-state index is 12.3. The first-order valence-electron chi connectivity index (χ1n) is 7.00. The minimum atomic E-state index is -0.344. The molecule has 0 aromatic heterocycles. The highest BCUT2D eigenvalue weighted by Gasteiger charge is 2.43. The topological polar surface area (TPSA) is 58.6 Å². The summed E-state index contributed by atoms with van der Waals surface area (Å²) in [4.78, 5) is 25.9. The van der Waals surface area contributed by atoms with Crippen molar-refractivity contribution in [3.63, 3.8) is 0 Å². The number of esters is 1. The van der Waals surface area contributed by atoms with Crippen molar-refractivity contribution in [3.8, 4) is 0 Å². The maximum Gasteiger partial charge on any atom is 0.323 e. The molecule has 106 valence electrons.